The summed E-state index contributed by atoms with van der Waals surface area (Å²) in [6.45, 7) is 0. The van der Waals surface area contributed by atoms with E-state index in [-0.39, 0.29) is 46.1 Å². The van der Waals surface area contributed by atoms with Gasteiger partial charge < -0.3 is 5.73 Å². The van der Waals surface area contributed by atoms with Gasteiger partial charge in [-0.3, -0.25) is 14.4 Å². The Morgan fingerprint density at radius 3 is 2.27 bits per heavy atom. The number of carbonyl (C=O) groups is 3. The maximum atomic E-state index is 12.7. The van der Waals surface area contributed by atoms with E-state index in [1.165, 1.54) is 17.0 Å². The van der Waals surface area contributed by atoms with Gasteiger partial charge in [-0.1, -0.05) is 23.8 Å². The van der Waals surface area contributed by atoms with Gasteiger partial charge in [0.25, 0.3) is 0 Å². The second-order valence-electron chi connectivity index (χ2n) is 6.04. The molecule has 1 saturated heterocycles. The molecule has 0 aromatic heterocycles. The number of amides is 3. The van der Waals surface area contributed by atoms with Gasteiger partial charge in [-0.05, 0) is 36.5 Å². The van der Waals surface area contributed by atoms with Crippen LogP contribution in [0, 0.1) is 23.7 Å². The first-order valence-corrected chi connectivity index (χ1v) is 7.52. The van der Waals surface area contributed by atoms with Crippen LogP contribution in [0.25, 0.3) is 0 Å². The van der Waals surface area contributed by atoms with Crippen molar-refractivity contribution in [1.82, 2.24) is 0 Å². The van der Waals surface area contributed by atoms with E-state index in [4.69, 9.17) is 17.3 Å². The number of nitrogens with two attached hydrogens (primary N) is 1. The van der Waals surface area contributed by atoms with Crippen molar-refractivity contribution in [2.75, 3.05) is 4.90 Å². The number of nitrogens with zero attached hydrogens (tertiary/aromatic N) is 1. The van der Waals surface area contributed by atoms with E-state index in [1.54, 1.807) is 6.07 Å². The van der Waals surface area contributed by atoms with Gasteiger partial charge in [0.05, 0.1) is 28.1 Å². The van der Waals surface area contributed by atoms with Crippen LogP contribution in [-0.2, 0) is 9.59 Å². The first-order chi connectivity index (χ1) is 10.5. The third kappa shape index (κ3) is 1.63. The van der Waals surface area contributed by atoms with Crippen molar-refractivity contribution in [1.29, 1.82) is 0 Å². The van der Waals surface area contributed by atoms with Crippen molar-refractivity contribution in [2.24, 2.45) is 29.4 Å². The highest BCUT2D eigenvalue weighted by atomic mass is 35.5. The SMILES string of the molecule is NC(=O)c1cc(N2C(=O)[C@@H]3[C@H](C2=O)[C@@H]2C=C[C@H]3C2)ccc1Cl. The summed E-state index contributed by atoms with van der Waals surface area (Å²) >= 11 is 5.92. The summed E-state index contributed by atoms with van der Waals surface area (Å²) in [6, 6.07) is 4.47. The van der Waals surface area contributed by atoms with Crippen LogP contribution in [0.1, 0.15) is 16.8 Å². The Kier molecular flexibility index (Phi) is 2.72. The zero-order chi connectivity index (χ0) is 15.6. The van der Waals surface area contributed by atoms with Crippen molar-refractivity contribution >= 4 is 35.0 Å². The minimum absolute atomic E-state index is 0.109. The molecule has 1 aromatic carbocycles. The minimum Gasteiger partial charge on any atom is -0.366 e. The minimum atomic E-state index is -0.687. The summed E-state index contributed by atoms with van der Waals surface area (Å²) in [6.07, 6.45) is 4.96. The summed E-state index contributed by atoms with van der Waals surface area (Å²) in [5.41, 5.74) is 5.75. The first kappa shape index (κ1) is 13.5. The molecule has 4 atom stereocenters. The monoisotopic (exact) mass is 316 g/mol. The number of halogens is 1. The first-order valence-electron chi connectivity index (χ1n) is 7.14. The molecule has 2 fully saturated rings. The van der Waals surface area contributed by atoms with Crippen LogP contribution in [-0.4, -0.2) is 17.7 Å². The van der Waals surface area contributed by atoms with E-state index in [1.807, 2.05) is 12.2 Å². The van der Waals surface area contributed by atoms with E-state index in [0.29, 0.717) is 5.69 Å². The van der Waals surface area contributed by atoms with Crippen LogP contribution in [0.15, 0.2) is 30.4 Å². The van der Waals surface area contributed by atoms with Crippen LogP contribution in [0.4, 0.5) is 5.69 Å². The Hall–Kier alpha value is -2.14. The molecule has 3 aliphatic rings. The van der Waals surface area contributed by atoms with E-state index < -0.39 is 5.91 Å². The topological polar surface area (TPSA) is 80.5 Å². The smallest absolute Gasteiger partial charge is 0.250 e. The summed E-state index contributed by atoms with van der Waals surface area (Å²) in [4.78, 5) is 37.9. The third-order valence-corrected chi connectivity index (χ3v) is 5.27. The van der Waals surface area contributed by atoms with Gasteiger partial charge in [-0.15, -0.1) is 0 Å². The molecule has 1 heterocycles. The Morgan fingerprint density at radius 2 is 1.73 bits per heavy atom. The predicted molar refractivity (Wildman–Crippen MR) is 80.2 cm³/mol. The van der Waals surface area contributed by atoms with Crippen molar-refractivity contribution in [2.45, 2.75) is 6.42 Å². The van der Waals surface area contributed by atoms with Crippen LogP contribution >= 0.6 is 11.6 Å². The standard InChI is InChI=1S/C16H13ClN2O3/c17-11-4-3-9(6-10(11)14(18)20)19-15(21)12-7-1-2-8(5-7)13(12)16(19)22/h1-4,6-8,12-13H,5H2,(H2,18,20)/t7-,8+,12-,13+. The number of allylic oxidation sites excluding steroid dienone is 2. The van der Waals surface area contributed by atoms with Crippen LogP contribution in [0.3, 0.4) is 0 Å². The van der Waals surface area contributed by atoms with Crippen molar-refractivity contribution in [3.63, 3.8) is 0 Å². The Bertz CT molecular complexity index is 728. The Balaban J connectivity index is 1.76. The molecule has 1 aliphatic heterocycles. The molecular formula is C16H13ClN2O3. The molecule has 3 amide bonds. The van der Waals surface area contributed by atoms with E-state index in [0.717, 1.165) is 6.42 Å². The average molecular weight is 317 g/mol. The van der Waals surface area contributed by atoms with Gasteiger partial charge in [0.15, 0.2) is 0 Å². The molecule has 1 aromatic rings. The lowest BCUT2D eigenvalue weighted by Crippen LogP contribution is -2.33. The molecule has 112 valence electrons. The molecule has 0 radical (unpaired) electrons. The summed E-state index contributed by atoms with van der Waals surface area (Å²) in [7, 11) is 0. The van der Waals surface area contributed by atoms with Crippen molar-refractivity contribution in [3.05, 3.63) is 40.9 Å². The molecule has 6 heteroatoms. The summed E-state index contributed by atoms with van der Waals surface area (Å²) < 4.78 is 0. The molecule has 0 unspecified atom stereocenters. The number of primary amides is 1. The van der Waals surface area contributed by atoms with E-state index >= 15 is 0 Å². The number of rotatable bonds is 2. The number of hydrogen-bond acceptors (Lipinski definition) is 3. The number of fused-ring (bicyclic) bond motifs is 5. The second kappa shape index (κ2) is 4.43. The molecule has 2 aliphatic carbocycles. The lowest BCUT2D eigenvalue weighted by Gasteiger charge is -2.18. The van der Waals surface area contributed by atoms with Crippen molar-refractivity contribution < 1.29 is 14.4 Å². The molecule has 2 bridgehead atoms. The van der Waals surface area contributed by atoms with Crippen molar-refractivity contribution in [3.8, 4) is 0 Å². The van der Waals surface area contributed by atoms with Crippen LogP contribution in [0.2, 0.25) is 5.02 Å². The number of imide groups is 1. The van der Waals surface area contributed by atoms with E-state index in [2.05, 4.69) is 0 Å². The largest absolute Gasteiger partial charge is 0.366 e. The summed E-state index contributed by atoms with van der Waals surface area (Å²) in [5.74, 6) is -1.30. The Labute approximate surface area is 131 Å². The third-order valence-electron chi connectivity index (χ3n) is 4.94. The zero-order valence-electron chi connectivity index (χ0n) is 11.5. The second-order valence-corrected chi connectivity index (χ2v) is 6.45. The maximum Gasteiger partial charge on any atom is 0.250 e. The Morgan fingerprint density at radius 1 is 1.14 bits per heavy atom. The normalized spacial score (nSPS) is 32.0. The van der Waals surface area contributed by atoms with Gasteiger partial charge in [0.2, 0.25) is 17.7 Å². The highest BCUT2D eigenvalue weighted by Crippen LogP contribution is 2.53. The van der Waals surface area contributed by atoms with Crippen LogP contribution < -0.4 is 10.6 Å². The fourth-order valence-corrected chi connectivity index (χ4v) is 4.21. The molecule has 2 N–H and O–H groups in total. The molecule has 22 heavy (non-hydrogen) atoms. The highest BCUT2D eigenvalue weighted by molar-refractivity contribution is 6.34. The highest BCUT2D eigenvalue weighted by Gasteiger charge is 2.59. The summed E-state index contributed by atoms with van der Waals surface area (Å²) in [5, 5.41) is 0.206. The number of benzene rings is 1. The molecule has 0 spiro atoms. The quantitative estimate of drug-likeness (QED) is 0.666. The van der Waals surface area contributed by atoms with Gasteiger partial charge >= 0.3 is 0 Å². The lowest BCUT2D eigenvalue weighted by atomic mass is 9.85. The predicted octanol–water partition coefficient (Wildman–Crippen LogP) is 1.75. The number of anilines is 1. The van der Waals surface area contributed by atoms with Gasteiger partial charge in [0, 0.05) is 0 Å². The van der Waals surface area contributed by atoms with Gasteiger partial charge in [0.1, 0.15) is 0 Å². The van der Waals surface area contributed by atoms with Gasteiger partial charge in [-0.25, -0.2) is 4.90 Å². The fraction of sp³-hybridized carbons (Fsp3) is 0.312. The molecule has 4 rings (SSSR count). The fourth-order valence-electron chi connectivity index (χ4n) is 4.00. The number of hydrogen-bond donors (Lipinski definition) is 1. The molecule has 5 nitrogen and oxygen atoms in total. The number of carbonyl (C=O) groups excluding carboxylic acids is 3. The molecular weight excluding hydrogens is 304 g/mol. The van der Waals surface area contributed by atoms with E-state index in [9.17, 15) is 14.4 Å². The zero-order valence-corrected chi connectivity index (χ0v) is 12.3. The molecule has 1 saturated carbocycles. The van der Waals surface area contributed by atoms with Gasteiger partial charge in [-0.2, -0.15) is 0 Å². The van der Waals surface area contributed by atoms with Crippen LogP contribution in [0.5, 0.6) is 0 Å². The lowest BCUT2D eigenvalue weighted by molar-refractivity contribution is -0.123. The maximum absolute atomic E-state index is 12.7. The average Bonchev–Trinajstić information content (AvgIpc) is 3.14.